The van der Waals surface area contributed by atoms with Crippen molar-refractivity contribution in [2.75, 3.05) is 73.0 Å². The third-order valence-corrected chi connectivity index (χ3v) is 11.3. The monoisotopic (exact) mass is 1090 g/mol. The Morgan fingerprint density at radius 2 is 0.865 bits per heavy atom. The van der Waals surface area contributed by atoms with Gasteiger partial charge in [-0.25, -0.2) is 26.8 Å². The van der Waals surface area contributed by atoms with Gasteiger partial charge >= 0.3 is 118 Å². The molecule has 0 unspecified atom stereocenters. The molecule has 0 aliphatic carbocycles. The summed E-state index contributed by atoms with van der Waals surface area (Å²) >= 11 is 0. The summed E-state index contributed by atoms with van der Waals surface area (Å²) in [5, 5.41) is 69.2. The van der Waals surface area contributed by atoms with Gasteiger partial charge in [0.15, 0.2) is 0 Å². The van der Waals surface area contributed by atoms with Crippen LogP contribution in [0.3, 0.4) is 0 Å². The number of aromatic amines is 2. The average molecular weight is 1090 g/mol. The molecule has 0 radical (unpaired) electrons. The second kappa shape index (κ2) is 30.7. The SMILES string of the molecule is O=C([O-])c1cc(N=c2nc(Nc3ccc(S(=O)(=O)[O-])cc3)nc(N(CCO)CCO)[nH]2)ccc1/C=C/c1ccc(N=c2nc(Nc3ccc(S(=O)(=O)[O-])cc3)nc(N(CCO)CCO)[nH]2)cc1C(=O)[O-].[Na+].[Na+].[Na+].[Na+]. The van der Waals surface area contributed by atoms with E-state index in [0.717, 1.165) is 36.4 Å². The van der Waals surface area contributed by atoms with Crippen molar-refractivity contribution < 1.29 is 184 Å². The number of carboxylic acids is 2. The molecule has 2 heterocycles. The predicted octanol–water partition coefficient (Wildman–Crippen LogP) is -13.8. The molecule has 6 rings (SSSR count). The maximum absolute atomic E-state index is 12.4. The minimum Gasteiger partial charge on any atom is -0.744 e. The van der Waals surface area contributed by atoms with Crippen molar-refractivity contribution in [3.63, 3.8) is 0 Å². The number of aliphatic hydroxyl groups is 4. The van der Waals surface area contributed by atoms with Crippen LogP contribution in [0.2, 0.25) is 0 Å². The summed E-state index contributed by atoms with van der Waals surface area (Å²) in [6.45, 7) is -1.32. The number of aliphatic hydroxyl groups excluding tert-OH is 4. The first kappa shape index (κ1) is 66.2. The molecule has 0 spiro atoms. The van der Waals surface area contributed by atoms with Gasteiger partial charge in [-0.2, -0.15) is 19.9 Å². The number of H-pyrrole nitrogens is 2. The predicted molar refractivity (Wildman–Crippen MR) is 242 cm³/mol. The van der Waals surface area contributed by atoms with Crippen LogP contribution in [-0.2, 0) is 20.2 Å². The third-order valence-electron chi connectivity index (χ3n) is 9.60. The zero-order valence-corrected chi connectivity index (χ0v) is 49.8. The van der Waals surface area contributed by atoms with E-state index in [1.807, 2.05) is 0 Å². The van der Waals surface area contributed by atoms with E-state index in [1.54, 1.807) is 0 Å². The Hall–Kier alpha value is -3.96. The summed E-state index contributed by atoms with van der Waals surface area (Å²) < 4.78 is 68.4. The second-order valence-electron chi connectivity index (χ2n) is 14.4. The van der Waals surface area contributed by atoms with Gasteiger partial charge in [0, 0.05) is 48.7 Å². The van der Waals surface area contributed by atoms with E-state index in [1.165, 1.54) is 70.5 Å². The van der Waals surface area contributed by atoms with Crippen molar-refractivity contribution in [2.45, 2.75) is 9.79 Å². The number of carbonyl (C=O) groups excluding carboxylic acids is 2. The smallest absolute Gasteiger partial charge is 0.744 e. The molecule has 0 aliphatic rings. The zero-order valence-electron chi connectivity index (χ0n) is 40.2. The Labute approximate surface area is 510 Å². The number of nitrogens with zero attached hydrogens (tertiary/aromatic N) is 8. The van der Waals surface area contributed by atoms with E-state index in [0.29, 0.717) is 0 Å². The van der Waals surface area contributed by atoms with Gasteiger partial charge in [0.2, 0.25) is 35.0 Å². The first-order valence-corrected chi connectivity index (χ1v) is 23.2. The molecular weight excluding hydrogens is 1050 g/mol. The number of nitrogens with one attached hydrogen (secondary N) is 4. The van der Waals surface area contributed by atoms with Crippen molar-refractivity contribution in [2.24, 2.45) is 9.98 Å². The normalized spacial score (nSPS) is 11.6. The van der Waals surface area contributed by atoms with Gasteiger partial charge in [-0.1, -0.05) is 24.3 Å². The minimum atomic E-state index is -4.73. The molecule has 2 aromatic heterocycles. The number of hydrogen-bond acceptors (Lipinski definition) is 24. The molecule has 8 N–H and O–H groups in total. The van der Waals surface area contributed by atoms with Crippen LogP contribution in [0.4, 0.5) is 46.5 Å². The molecule has 32 heteroatoms. The Kier molecular flexibility index (Phi) is 27.4. The Morgan fingerprint density at radius 1 is 0.541 bits per heavy atom. The van der Waals surface area contributed by atoms with Crippen LogP contribution in [0.15, 0.2) is 105 Å². The topological polar surface area (TPSA) is 414 Å². The van der Waals surface area contributed by atoms with Crippen LogP contribution in [-0.4, -0.2) is 141 Å². The van der Waals surface area contributed by atoms with E-state index in [9.17, 15) is 66.2 Å². The summed E-state index contributed by atoms with van der Waals surface area (Å²) in [7, 11) is -9.45. The van der Waals surface area contributed by atoms with E-state index >= 15 is 0 Å². The molecule has 0 bridgehead atoms. The van der Waals surface area contributed by atoms with E-state index in [2.05, 4.69) is 50.5 Å². The van der Waals surface area contributed by atoms with Gasteiger partial charge < -0.3 is 69.8 Å². The summed E-state index contributed by atoms with van der Waals surface area (Å²) in [6, 6.07) is 17.3. The molecule has 6 aromatic rings. The van der Waals surface area contributed by atoms with Gasteiger partial charge in [0.1, 0.15) is 20.2 Å². The second-order valence-corrected chi connectivity index (χ2v) is 17.1. The van der Waals surface area contributed by atoms with Crippen LogP contribution < -0.4 is 160 Å². The Balaban J connectivity index is 0.00000469. The number of aromatic nitrogens is 6. The average Bonchev–Trinajstić information content (AvgIpc) is 3.30. The zero-order chi connectivity index (χ0) is 50.6. The van der Waals surface area contributed by atoms with Gasteiger partial charge in [-0.3, -0.25) is 9.97 Å². The number of benzene rings is 4. The first-order valence-electron chi connectivity index (χ1n) is 20.4. The van der Waals surface area contributed by atoms with Gasteiger partial charge in [0.25, 0.3) is 0 Å². The maximum atomic E-state index is 12.4. The maximum Gasteiger partial charge on any atom is 1.00 e. The van der Waals surface area contributed by atoms with Crippen molar-refractivity contribution >= 4 is 90.9 Å². The quantitative estimate of drug-likeness (QED) is 0.0178. The largest absolute Gasteiger partial charge is 1.00 e. The van der Waals surface area contributed by atoms with E-state index < -0.39 is 42.0 Å². The van der Waals surface area contributed by atoms with Crippen LogP contribution in [0.25, 0.3) is 12.2 Å². The number of anilines is 6. The van der Waals surface area contributed by atoms with Crippen molar-refractivity contribution in [1.82, 2.24) is 29.9 Å². The summed E-state index contributed by atoms with van der Waals surface area (Å²) in [4.78, 5) is 58.7. The van der Waals surface area contributed by atoms with Gasteiger partial charge in [-0.05, 0) is 83.9 Å². The fourth-order valence-electron chi connectivity index (χ4n) is 6.37. The number of carbonyl (C=O) groups is 2. The molecule has 368 valence electrons. The van der Waals surface area contributed by atoms with Crippen LogP contribution in [0.1, 0.15) is 31.8 Å². The molecule has 0 saturated carbocycles. The van der Waals surface area contributed by atoms with E-state index in [-0.39, 0.29) is 251 Å². The van der Waals surface area contributed by atoms with Crippen LogP contribution in [0, 0.1) is 0 Å². The molecule has 0 atom stereocenters. The molecular formula is C42H40N12Na4O14S2. The van der Waals surface area contributed by atoms with Gasteiger partial charge in [0.05, 0.1) is 59.5 Å². The molecule has 74 heavy (non-hydrogen) atoms. The van der Waals surface area contributed by atoms with E-state index in [4.69, 9.17) is 0 Å². The molecule has 26 nitrogen and oxygen atoms in total. The summed E-state index contributed by atoms with van der Waals surface area (Å²) in [5.74, 6) is -3.35. The van der Waals surface area contributed by atoms with Crippen LogP contribution in [0.5, 0.6) is 0 Å². The summed E-state index contributed by atoms with van der Waals surface area (Å²) in [6.07, 6.45) is 2.63. The van der Waals surface area contributed by atoms with Crippen molar-refractivity contribution in [1.29, 1.82) is 0 Å². The molecule has 0 fully saturated rings. The number of rotatable bonds is 22. The number of aromatic carboxylic acids is 2. The third kappa shape index (κ3) is 18.9. The first-order chi connectivity index (χ1) is 33.4. The molecule has 4 aromatic carbocycles. The Morgan fingerprint density at radius 3 is 1.15 bits per heavy atom. The van der Waals surface area contributed by atoms with Crippen molar-refractivity contribution in [3.05, 3.63) is 118 Å². The van der Waals surface area contributed by atoms with Crippen molar-refractivity contribution in [3.8, 4) is 0 Å². The molecule has 0 aliphatic heterocycles. The molecule has 0 saturated heterocycles. The standard InChI is InChI=1S/C42H44N12O14S2.4Na/c55-19-15-53(16-20-56)41-49-37(43-27-7-11-31(12-8-27)69(63,64)65)47-39(51-41)45-29-5-3-25(33(23-29)35(59)60)1-2-26-4-6-30(24-34(26)36(61)62)46-40-48-38(50-42(52-40)54(17-21-57)18-22-58)44-28-9-13-32(14-10-28)70(66,67)68;;;;/h1-14,23-24,55-58H,15-22H2,(H,59,60)(H,61,62)(H,63,64,65)(H,66,67,68)(H2,43,45,47,49,51)(H2,44,46,48,50,52);;;;/q;4*+1/p-4/b2-1+;;;;. The summed E-state index contributed by atoms with van der Waals surface area (Å²) in [5.41, 5.74) is -0.299. The van der Waals surface area contributed by atoms with Gasteiger partial charge in [-0.15, -0.1) is 0 Å². The Bertz CT molecular complexity index is 3050. The number of hydrogen-bond donors (Lipinski definition) is 8. The fraction of sp³-hybridized carbons (Fsp3) is 0.190. The minimum absolute atomic E-state index is 0. The number of carboxylic acid groups (broad SMARTS) is 2. The van der Waals surface area contributed by atoms with Crippen LogP contribution >= 0.6 is 0 Å². The molecule has 0 amide bonds. The fourth-order valence-corrected chi connectivity index (χ4v) is 7.31.